The highest BCUT2D eigenvalue weighted by molar-refractivity contribution is 9.11. The van der Waals surface area contributed by atoms with Crippen molar-refractivity contribution in [3.05, 3.63) is 31.2 Å². The van der Waals surface area contributed by atoms with E-state index < -0.39 is 0 Å². The lowest BCUT2D eigenvalue weighted by Gasteiger charge is -2.12. The molecule has 0 aliphatic heterocycles. The Hall–Kier alpha value is -1.86. The van der Waals surface area contributed by atoms with Gasteiger partial charge in [-0.1, -0.05) is 0 Å². The number of halogens is 2. The Morgan fingerprint density at radius 2 is 1.06 bits per heavy atom. The molecule has 0 heterocycles. The minimum Gasteiger partial charge on any atom is -0.198 e. The third kappa shape index (κ3) is 2.36. The average Bonchev–Trinajstić information content (AvgIpc) is 2.36. The number of benzene rings is 1. The highest BCUT2D eigenvalue weighted by Gasteiger charge is 2.21. The lowest BCUT2D eigenvalue weighted by Crippen LogP contribution is -2.02. The fourth-order valence-corrected chi connectivity index (χ4v) is 2.84. The summed E-state index contributed by atoms with van der Waals surface area (Å²) in [6.45, 7) is 0. The fraction of sp³-hybridized carbons (Fsp3) is 0.167. The van der Waals surface area contributed by atoms with E-state index in [4.69, 9.17) is 21.0 Å². The van der Waals surface area contributed by atoms with E-state index in [1.54, 1.807) is 0 Å². The Kier molecular flexibility index (Phi) is 4.87. The molecule has 0 radical (unpaired) electrons. The first-order chi connectivity index (χ1) is 8.62. The van der Waals surface area contributed by atoms with E-state index in [0.29, 0.717) is 20.1 Å². The SMILES string of the molecule is N#CCc1c(Br)c(C#N)c(CC#N)c(Br)c1C#N. The maximum Gasteiger partial charge on any atom is 0.101 e. The van der Waals surface area contributed by atoms with E-state index in [9.17, 15) is 0 Å². The van der Waals surface area contributed by atoms with Gasteiger partial charge in [0.15, 0.2) is 0 Å². The van der Waals surface area contributed by atoms with Crippen molar-refractivity contribution in [2.24, 2.45) is 0 Å². The quantitative estimate of drug-likeness (QED) is 0.806. The second-order valence-corrected chi connectivity index (χ2v) is 4.81. The molecule has 86 valence electrons. The molecule has 0 aromatic heterocycles. The fourth-order valence-electron chi connectivity index (χ4n) is 1.51. The van der Waals surface area contributed by atoms with Gasteiger partial charge in [0.25, 0.3) is 0 Å². The molecule has 0 atom stereocenters. The van der Waals surface area contributed by atoms with Crippen LogP contribution in [-0.2, 0) is 12.8 Å². The molecule has 18 heavy (non-hydrogen) atoms. The Morgan fingerprint density at radius 3 is 1.28 bits per heavy atom. The minimum atomic E-state index is 0.0175. The summed E-state index contributed by atoms with van der Waals surface area (Å²) in [6, 6.07) is 7.89. The summed E-state index contributed by atoms with van der Waals surface area (Å²) >= 11 is 6.47. The Morgan fingerprint density at radius 1 is 0.722 bits per heavy atom. The predicted molar refractivity (Wildman–Crippen MR) is 69.9 cm³/mol. The molecule has 1 aromatic carbocycles. The van der Waals surface area contributed by atoms with Crippen molar-refractivity contribution >= 4 is 31.9 Å². The van der Waals surface area contributed by atoms with Crippen LogP contribution in [-0.4, -0.2) is 0 Å². The Bertz CT molecular complexity index is 606. The van der Waals surface area contributed by atoms with Gasteiger partial charge in [-0.25, -0.2) is 0 Å². The van der Waals surface area contributed by atoms with E-state index in [0.717, 1.165) is 0 Å². The molecule has 0 aliphatic carbocycles. The van der Waals surface area contributed by atoms with Crippen LogP contribution in [0.4, 0.5) is 0 Å². The summed E-state index contributed by atoms with van der Waals surface area (Å²) in [5, 5.41) is 35.8. The highest BCUT2D eigenvalue weighted by Crippen LogP contribution is 2.35. The molecule has 0 unspecified atom stereocenters. The number of hydrogen-bond donors (Lipinski definition) is 0. The zero-order valence-corrected chi connectivity index (χ0v) is 12.1. The van der Waals surface area contributed by atoms with Crippen LogP contribution in [0, 0.1) is 45.3 Å². The van der Waals surface area contributed by atoms with Crippen LogP contribution in [0.5, 0.6) is 0 Å². The number of nitrogens with zero attached hydrogens (tertiary/aromatic N) is 4. The molecule has 1 aromatic rings. The summed E-state index contributed by atoms with van der Waals surface area (Å²) in [5.74, 6) is 0. The molecular formula is C12H4Br2N4. The van der Waals surface area contributed by atoms with Crippen LogP contribution in [0.2, 0.25) is 0 Å². The molecule has 0 saturated heterocycles. The summed E-state index contributed by atoms with van der Waals surface area (Å²) in [7, 11) is 0. The van der Waals surface area contributed by atoms with Crippen LogP contribution >= 0.6 is 31.9 Å². The maximum atomic E-state index is 9.13. The second kappa shape index (κ2) is 6.18. The van der Waals surface area contributed by atoms with Crippen molar-refractivity contribution in [1.82, 2.24) is 0 Å². The van der Waals surface area contributed by atoms with Gasteiger partial charge in [0.2, 0.25) is 0 Å². The third-order valence-electron chi connectivity index (χ3n) is 2.31. The van der Waals surface area contributed by atoms with Gasteiger partial charge < -0.3 is 0 Å². The monoisotopic (exact) mass is 362 g/mol. The number of nitriles is 4. The van der Waals surface area contributed by atoms with Crippen LogP contribution < -0.4 is 0 Å². The number of rotatable bonds is 2. The van der Waals surface area contributed by atoms with Gasteiger partial charge in [0.05, 0.1) is 36.1 Å². The minimum absolute atomic E-state index is 0.0175. The number of hydrogen-bond acceptors (Lipinski definition) is 4. The summed E-state index contributed by atoms with van der Waals surface area (Å²) in [5.41, 5.74) is 1.50. The van der Waals surface area contributed by atoms with Crippen LogP contribution in [0.3, 0.4) is 0 Å². The second-order valence-electron chi connectivity index (χ2n) is 3.23. The zero-order valence-electron chi connectivity index (χ0n) is 8.96. The van der Waals surface area contributed by atoms with Crippen molar-refractivity contribution in [2.75, 3.05) is 0 Å². The van der Waals surface area contributed by atoms with E-state index >= 15 is 0 Å². The largest absolute Gasteiger partial charge is 0.198 e. The molecule has 0 amide bonds. The first-order valence-electron chi connectivity index (χ1n) is 4.69. The molecule has 0 fully saturated rings. The molecule has 6 heteroatoms. The first kappa shape index (κ1) is 14.2. The van der Waals surface area contributed by atoms with E-state index in [1.807, 2.05) is 24.3 Å². The first-order valence-corrected chi connectivity index (χ1v) is 6.27. The average molecular weight is 364 g/mol. The van der Waals surface area contributed by atoms with Crippen molar-refractivity contribution in [2.45, 2.75) is 12.8 Å². The van der Waals surface area contributed by atoms with Gasteiger partial charge >= 0.3 is 0 Å². The van der Waals surface area contributed by atoms with Crippen molar-refractivity contribution in [1.29, 1.82) is 21.0 Å². The van der Waals surface area contributed by atoms with E-state index in [2.05, 4.69) is 31.9 Å². The zero-order chi connectivity index (χ0) is 13.7. The van der Waals surface area contributed by atoms with Crippen molar-refractivity contribution < 1.29 is 0 Å². The maximum absolute atomic E-state index is 9.13. The molecule has 0 saturated carbocycles. The van der Waals surface area contributed by atoms with E-state index in [1.165, 1.54) is 0 Å². The van der Waals surface area contributed by atoms with Gasteiger partial charge in [-0.2, -0.15) is 21.0 Å². The van der Waals surface area contributed by atoms with Crippen LogP contribution in [0.1, 0.15) is 22.3 Å². The molecule has 0 N–H and O–H groups in total. The van der Waals surface area contributed by atoms with Crippen molar-refractivity contribution in [3.8, 4) is 24.3 Å². The van der Waals surface area contributed by atoms with Crippen LogP contribution in [0.15, 0.2) is 8.95 Å². The van der Waals surface area contributed by atoms with Gasteiger partial charge in [0.1, 0.15) is 12.1 Å². The summed E-state index contributed by atoms with van der Waals surface area (Å²) in [6.07, 6.45) is 0.0349. The molecule has 0 aliphatic rings. The third-order valence-corrected chi connectivity index (χ3v) is 4.06. The molecule has 4 nitrogen and oxygen atoms in total. The van der Waals surface area contributed by atoms with Gasteiger partial charge in [-0.3, -0.25) is 0 Å². The highest BCUT2D eigenvalue weighted by atomic mass is 79.9. The molecular weight excluding hydrogens is 360 g/mol. The summed E-state index contributed by atoms with van der Waals surface area (Å²) in [4.78, 5) is 0. The molecule has 1 rings (SSSR count). The standard InChI is InChI=1S/C12H4Br2N4/c13-11-7(1-3-15)9(5-17)12(14)8(2-4-16)10(11)6-18/h1-2H2. The van der Waals surface area contributed by atoms with Crippen molar-refractivity contribution in [3.63, 3.8) is 0 Å². The lowest BCUT2D eigenvalue weighted by atomic mass is 9.96. The smallest absolute Gasteiger partial charge is 0.101 e. The van der Waals surface area contributed by atoms with Gasteiger partial charge in [-0.05, 0) is 31.9 Å². The van der Waals surface area contributed by atoms with Gasteiger partial charge in [-0.15, -0.1) is 0 Å². The topological polar surface area (TPSA) is 95.2 Å². The molecule has 0 bridgehead atoms. The van der Waals surface area contributed by atoms with Gasteiger partial charge in [0, 0.05) is 20.1 Å². The predicted octanol–water partition coefficient (Wildman–Crippen LogP) is 3.09. The summed E-state index contributed by atoms with van der Waals surface area (Å²) < 4.78 is 0.827. The van der Waals surface area contributed by atoms with Crippen LogP contribution in [0.25, 0.3) is 0 Å². The van der Waals surface area contributed by atoms with E-state index in [-0.39, 0.29) is 24.0 Å². The lowest BCUT2D eigenvalue weighted by molar-refractivity contribution is 1.15. The Labute approximate surface area is 121 Å². The normalized spacial score (nSPS) is 8.78. The Balaban J connectivity index is 3.78. The molecule has 0 spiro atoms.